The van der Waals surface area contributed by atoms with Gasteiger partial charge >= 0.3 is 0 Å². The second-order valence-electron chi connectivity index (χ2n) is 13.8. The highest BCUT2D eigenvalue weighted by Crippen LogP contribution is 2.44. The lowest BCUT2D eigenvalue weighted by Crippen LogP contribution is -2.11. The van der Waals surface area contributed by atoms with Gasteiger partial charge in [0.1, 0.15) is 0 Å². The molecule has 0 spiro atoms. The zero-order valence-corrected chi connectivity index (χ0v) is 29.7. The summed E-state index contributed by atoms with van der Waals surface area (Å²) in [6.07, 6.45) is 0. The summed E-state index contributed by atoms with van der Waals surface area (Å²) in [5, 5.41) is 4.93. The molecule has 0 radical (unpaired) electrons. The fourth-order valence-electron chi connectivity index (χ4n) is 8.06. The minimum Gasteiger partial charge on any atom is -0.310 e. The molecule has 9 aromatic carbocycles. The first-order valence-corrected chi connectivity index (χ1v) is 18.5. The van der Waals surface area contributed by atoms with Crippen LogP contribution in [0.15, 0.2) is 218 Å². The number of nitrogens with zero attached hydrogens (tertiary/aromatic N) is 2. The summed E-state index contributed by atoms with van der Waals surface area (Å²) in [5.74, 6) is 0. The first-order valence-electron chi connectivity index (χ1n) is 18.5. The molecule has 10 rings (SSSR count). The van der Waals surface area contributed by atoms with Crippen LogP contribution in [0.5, 0.6) is 0 Å². The lowest BCUT2D eigenvalue weighted by molar-refractivity contribution is 1.18. The Balaban J connectivity index is 1.16. The van der Waals surface area contributed by atoms with Crippen LogP contribution in [-0.4, -0.2) is 4.57 Å². The minimum absolute atomic E-state index is 1.10. The van der Waals surface area contributed by atoms with Crippen LogP contribution in [-0.2, 0) is 0 Å². The number of rotatable bonds is 7. The molecular formula is C52H36N2. The van der Waals surface area contributed by atoms with Crippen molar-refractivity contribution in [2.75, 3.05) is 4.90 Å². The summed E-state index contributed by atoms with van der Waals surface area (Å²) in [4.78, 5) is 2.42. The monoisotopic (exact) mass is 688 g/mol. The first-order chi connectivity index (χ1) is 26.8. The van der Waals surface area contributed by atoms with Gasteiger partial charge in [-0.3, -0.25) is 0 Å². The van der Waals surface area contributed by atoms with Crippen LogP contribution in [0, 0.1) is 0 Å². The average molecular weight is 689 g/mol. The molecule has 0 amide bonds. The van der Waals surface area contributed by atoms with Crippen molar-refractivity contribution in [3.8, 4) is 39.1 Å². The van der Waals surface area contributed by atoms with Gasteiger partial charge in [-0.2, -0.15) is 0 Å². The van der Waals surface area contributed by atoms with E-state index >= 15 is 0 Å². The van der Waals surface area contributed by atoms with E-state index in [1.165, 1.54) is 66.0 Å². The lowest BCUT2D eigenvalue weighted by atomic mass is 9.97. The lowest BCUT2D eigenvalue weighted by Gasteiger charge is -2.28. The Morgan fingerprint density at radius 2 is 0.926 bits per heavy atom. The smallest absolute Gasteiger partial charge is 0.0547 e. The van der Waals surface area contributed by atoms with Gasteiger partial charge in [0.15, 0.2) is 0 Å². The minimum atomic E-state index is 1.10. The normalized spacial score (nSPS) is 11.3. The van der Waals surface area contributed by atoms with E-state index in [0.29, 0.717) is 0 Å². The standard InChI is InChI=1S/C52H36N2/c1-3-15-37(16-4-1)39-29-31-40(32-30-39)46-23-9-11-26-49(46)53(45-34-33-38-17-7-8-18-41(38)35-45)44-22-13-19-42(36-44)47-25-14-28-51-52(47)48-24-10-12-27-50(48)54(51)43-20-5-2-6-21-43/h1-36H. The van der Waals surface area contributed by atoms with Crippen LogP contribution < -0.4 is 4.90 Å². The highest BCUT2D eigenvalue weighted by Gasteiger charge is 2.20. The molecule has 0 saturated heterocycles. The van der Waals surface area contributed by atoms with Gasteiger partial charge in [-0.05, 0) is 93.2 Å². The second-order valence-corrected chi connectivity index (χ2v) is 13.8. The molecule has 0 N–H and O–H groups in total. The van der Waals surface area contributed by atoms with Crippen molar-refractivity contribution in [2.45, 2.75) is 0 Å². The molecule has 0 aliphatic rings. The van der Waals surface area contributed by atoms with Crippen molar-refractivity contribution in [3.63, 3.8) is 0 Å². The van der Waals surface area contributed by atoms with Gasteiger partial charge in [-0.15, -0.1) is 0 Å². The maximum absolute atomic E-state index is 2.42. The Hall–Kier alpha value is -7.16. The van der Waals surface area contributed by atoms with Gasteiger partial charge < -0.3 is 9.47 Å². The predicted octanol–water partition coefficient (Wildman–Crippen LogP) is 14.4. The van der Waals surface area contributed by atoms with E-state index in [1.807, 2.05) is 0 Å². The third-order valence-electron chi connectivity index (χ3n) is 10.6. The van der Waals surface area contributed by atoms with E-state index in [0.717, 1.165) is 22.7 Å². The molecule has 0 atom stereocenters. The van der Waals surface area contributed by atoms with Crippen molar-refractivity contribution in [1.82, 2.24) is 4.57 Å². The maximum Gasteiger partial charge on any atom is 0.0547 e. The quantitative estimate of drug-likeness (QED) is 0.162. The Labute approximate surface area is 315 Å². The molecule has 2 heteroatoms. The van der Waals surface area contributed by atoms with Crippen molar-refractivity contribution < 1.29 is 0 Å². The highest BCUT2D eigenvalue weighted by molar-refractivity contribution is 6.16. The molecule has 54 heavy (non-hydrogen) atoms. The highest BCUT2D eigenvalue weighted by atomic mass is 15.1. The number of benzene rings is 9. The zero-order valence-electron chi connectivity index (χ0n) is 29.7. The molecule has 1 heterocycles. The first kappa shape index (κ1) is 31.6. The second kappa shape index (κ2) is 13.4. The van der Waals surface area contributed by atoms with Gasteiger partial charge in [0, 0.05) is 33.4 Å². The van der Waals surface area contributed by atoms with Gasteiger partial charge in [-0.1, -0.05) is 164 Å². The van der Waals surface area contributed by atoms with Crippen LogP contribution in [0.4, 0.5) is 17.1 Å². The molecule has 2 nitrogen and oxygen atoms in total. The van der Waals surface area contributed by atoms with Crippen LogP contribution in [0.25, 0.3) is 71.6 Å². The van der Waals surface area contributed by atoms with Gasteiger partial charge in [0.2, 0.25) is 0 Å². The maximum atomic E-state index is 2.42. The summed E-state index contributed by atoms with van der Waals surface area (Å²) in [7, 11) is 0. The van der Waals surface area contributed by atoms with Crippen LogP contribution in [0.3, 0.4) is 0 Å². The van der Waals surface area contributed by atoms with Crippen molar-refractivity contribution in [3.05, 3.63) is 218 Å². The fraction of sp³-hybridized carbons (Fsp3) is 0. The van der Waals surface area contributed by atoms with E-state index in [-0.39, 0.29) is 0 Å². The SMILES string of the molecule is c1ccc(-c2ccc(-c3ccccc3N(c3cccc(-c4cccc5c4c4ccccc4n5-c4ccccc4)c3)c3ccc4ccccc4c3)cc2)cc1. The molecule has 10 aromatic rings. The molecule has 0 aliphatic heterocycles. The Morgan fingerprint density at radius 3 is 1.78 bits per heavy atom. The molecule has 1 aromatic heterocycles. The number of anilines is 3. The van der Waals surface area contributed by atoms with E-state index in [4.69, 9.17) is 0 Å². The summed E-state index contributed by atoms with van der Waals surface area (Å²) in [6, 6.07) is 78.9. The Morgan fingerprint density at radius 1 is 0.333 bits per heavy atom. The molecule has 0 bridgehead atoms. The molecular weight excluding hydrogens is 653 g/mol. The summed E-state index contributed by atoms with van der Waals surface area (Å²) < 4.78 is 2.39. The number of para-hydroxylation sites is 3. The Bertz CT molecular complexity index is 2920. The predicted molar refractivity (Wildman–Crippen MR) is 229 cm³/mol. The molecule has 0 saturated carbocycles. The van der Waals surface area contributed by atoms with Gasteiger partial charge in [-0.25, -0.2) is 0 Å². The number of hydrogen-bond donors (Lipinski definition) is 0. The molecule has 0 aliphatic carbocycles. The number of fused-ring (bicyclic) bond motifs is 4. The largest absolute Gasteiger partial charge is 0.310 e. The van der Waals surface area contributed by atoms with E-state index < -0.39 is 0 Å². The number of hydrogen-bond acceptors (Lipinski definition) is 1. The Kier molecular flexibility index (Phi) is 7.85. The van der Waals surface area contributed by atoms with Crippen LogP contribution >= 0.6 is 0 Å². The summed E-state index contributed by atoms with van der Waals surface area (Å²) in [5.41, 5.74) is 14.0. The summed E-state index contributed by atoms with van der Waals surface area (Å²) in [6.45, 7) is 0. The molecule has 0 unspecified atom stereocenters. The van der Waals surface area contributed by atoms with Gasteiger partial charge in [0.05, 0.1) is 16.7 Å². The van der Waals surface area contributed by atoms with Crippen LogP contribution in [0.1, 0.15) is 0 Å². The van der Waals surface area contributed by atoms with E-state index in [2.05, 4.69) is 228 Å². The third-order valence-corrected chi connectivity index (χ3v) is 10.6. The number of aromatic nitrogens is 1. The van der Waals surface area contributed by atoms with Gasteiger partial charge in [0.25, 0.3) is 0 Å². The van der Waals surface area contributed by atoms with Crippen molar-refractivity contribution in [2.24, 2.45) is 0 Å². The van der Waals surface area contributed by atoms with E-state index in [9.17, 15) is 0 Å². The summed E-state index contributed by atoms with van der Waals surface area (Å²) >= 11 is 0. The third kappa shape index (κ3) is 5.53. The molecule has 0 fully saturated rings. The molecule has 254 valence electrons. The average Bonchev–Trinajstić information content (AvgIpc) is 3.59. The van der Waals surface area contributed by atoms with Crippen molar-refractivity contribution >= 4 is 49.6 Å². The zero-order chi connectivity index (χ0) is 35.8. The fourth-order valence-corrected chi connectivity index (χ4v) is 8.06. The van der Waals surface area contributed by atoms with Crippen LogP contribution in [0.2, 0.25) is 0 Å². The van der Waals surface area contributed by atoms with Crippen molar-refractivity contribution in [1.29, 1.82) is 0 Å². The topological polar surface area (TPSA) is 8.17 Å². The van der Waals surface area contributed by atoms with E-state index in [1.54, 1.807) is 0 Å².